The fraction of sp³-hybridized carbons (Fsp3) is 0.333. The molecule has 108 valence electrons. The van der Waals surface area contributed by atoms with Crippen LogP contribution in [0.1, 0.15) is 25.3 Å². The molecule has 5 nitrogen and oxygen atoms in total. The number of carbonyl (C=O) groups excluding carboxylic acids is 1. The van der Waals surface area contributed by atoms with Crippen LogP contribution in [-0.2, 0) is 9.59 Å². The molecule has 0 atom stereocenters. The molecule has 0 aliphatic carbocycles. The summed E-state index contributed by atoms with van der Waals surface area (Å²) in [7, 11) is 0. The Kier molecular flexibility index (Phi) is 6.89. The molecule has 1 aromatic rings. The van der Waals surface area contributed by atoms with E-state index in [0.717, 1.165) is 11.3 Å². The second-order valence-corrected chi connectivity index (χ2v) is 4.12. The van der Waals surface area contributed by atoms with E-state index in [0.29, 0.717) is 19.6 Å². The maximum atomic E-state index is 11.5. The SMILES string of the molecule is CCOc1ccc(C=CC(=O)NCCCC(=O)O)cc1. The van der Waals surface area contributed by atoms with Gasteiger partial charge in [0.25, 0.3) is 0 Å². The molecule has 0 aliphatic heterocycles. The molecule has 0 saturated heterocycles. The minimum atomic E-state index is -0.857. The van der Waals surface area contributed by atoms with Crippen molar-refractivity contribution in [2.24, 2.45) is 0 Å². The molecule has 1 amide bonds. The average molecular weight is 277 g/mol. The van der Waals surface area contributed by atoms with Crippen LogP contribution < -0.4 is 10.1 Å². The molecule has 20 heavy (non-hydrogen) atoms. The maximum Gasteiger partial charge on any atom is 0.303 e. The largest absolute Gasteiger partial charge is 0.494 e. The molecular formula is C15H19NO4. The van der Waals surface area contributed by atoms with Gasteiger partial charge >= 0.3 is 5.97 Å². The van der Waals surface area contributed by atoms with Crippen LogP contribution in [0.5, 0.6) is 5.75 Å². The summed E-state index contributed by atoms with van der Waals surface area (Å²) < 4.78 is 5.32. The normalized spacial score (nSPS) is 10.4. The van der Waals surface area contributed by atoms with Crippen molar-refractivity contribution in [3.63, 3.8) is 0 Å². The van der Waals surface area contributed by atoms with Gasteiger partial charge in [0.1, 0.15) is 5.75 Å². The third kappa shape index (κ3) is 6.58. The molecule has 0 spiro atoms. The summed E-state index contributed by atoms with van der Waals surface area (Å²) in [6.45, 7) is 2.90. The van der Waals surface area contributed by atoms with Crippen molar-refractivity contribution in [1.29, 1.82) is 0 Å². The Morgan fingerprint density at radius 1 is 1.30 bits per heavy atom. The first-order chi connectivity index (χ1) is 9.61. The summed E-state index contributed by atoms with van der Waals surface area (Å²) in [6, 6.07) is 7.40. The Balaban J connectivity index is 2.35. The quantitative estimate of drug-likeness (QED) is 0.563. The first-order valence-corrected chi connectivity index (χ1v) is 6.52. The average Bonchev–Trinajstić information content (AvgIpc) is 2.43. The Morgan fingerprint density at radius 2 is 2.00 bits per heavy atom. The van der Waals surface area contributed by atoms with Crippen LogP contribution in [0.15, 0.2) is 30.3 Å². The molecule has 0 bridgehead atoms. The van der Waals surface area contributed by atoms with E-state index in [1.54, 1.807) is 6.08 Å². The highest BCUT2D eigenvalue weighted by molar-refractivity contribution is 5.91. The molecule has 2 N–H and O–H groups in total. The van der Waals surface area contributed by atoms with E-state index in [-0.39, 0.29) is 12.3 Å². The highest BCUT2D eigenvalue weighted by Crippen LogP contribution is 2.12. The molecule has 0 unspecified atom stereocenters. The number of amides is 1. The lowest BCUT2D eigenvalue weighted by Crippen LogP contribution is -2.22. The number of nitrogens with one attached hydrogen (secondary N) is 1. The van der Waals surface area contributed by atoms with E-state index in [2.05, 4.69) is 5.32 Å². The van der Waals surface area contributed by atoms with Gasteiger partial charge in [0.2, 0.25) is 5.91 Å². The molecule has 0 radical (unpaired) electrons. The summed E-state index contributed by atoms with van der Waals surface area (Å²) in [6.07, 6.45) is 3.61. The van der Waals surface area contributed by atoms with Gasteiger partial charge < -0.3 is 15.2 Å². The number of benzene rings is 1. The van der Waals surface area contributed by atoms with Crippen molar-refractivity contribution in [2.45, 2.75) is 19.8 Å². The van der Waals surface area contributed by atoms with Crippen LogP contribution in [0.2, 0.25) is 0 Å². The van der Waals surface area contributed by atoms with Gasteiger partial charge in [-0.3, -0.25) is 9.59 Å². The molecular weight excluding hydrogens is 258 g/mol. The predicted octanol–water partition coefficient (Wildman–Crippen LogP) is 2.08. The van der Waals surface area contributed by atoms with Crippen LogP contribution in [0, 0.1) is 0 Å². The van der Waals surface area contributed by atoms with Crippen LogP contribution in [0.3, 0.4) is 0 Å². The minimum Gasteiger partial charge on any atom is -0.494 e. The standard InChI is InChI=1S/C15H19NO4/c1-2-20-13-8-5-12(6-9-13)7-10-14(17)16-11-3-4-15(18)19/h5-10H,2-4,11H2,1H3,(H,16,17)(H,18,19). The van der Waals surface area contributed by atoms with Crippen molar-refractivity contribution in [3.8, 4) is 5.75 Å². The summed E-state index contributed by atoms with van der Waals surface area (Å²) in [4.78, 5) is 21.8. The zero-order valence-corrected chi connectivity index (χ0v) is 11.5. The Morgan fingerprint density at radius 3 is 2.60 bits per heavy atom. The van der Waals surface area contributed by atoms with Gasteiger partial charge in [0.15, 0.2) is 0 Å². The summed E-state index contributed by atoms with van der Waals surface area (Å²) >= 11 is 0. The van der Waals surface area contributed by atoms with Crippen molar-refractivity contribution >= 4 is 18.0 Å². The molecule has 1 rings (SSSR count). The lowest BCUT2D eigenvalue weighted by Gasteiger charge is -2.02. The summed E-state index contributed by atoms with van der Waals surface area (Å²) in [5, 5.41) is 11.1. The van der Waals surface area contributed by atoms with Crippen LogP contribution in [0.4, 0.5) is 0 Å². The van der Waals surface area contributed by atoms with Crippen molar-refractivity contribution in [1.82, 2.24) is 5.32 Å². The molecule has 1 aromatic carbocycles. The first-order valence-electron chi connectivity index (χ1n) is 6.52. The van der Waals surface area contributed by atoms with E-state index >= 15 is 0 Å². The van der Waals surface area contributed by atoms with E-state index < -0.39 is 5.97 Å². The van der Waals surface area contributed by atoms with Crippen LogP contribution in [0.25, 0.3) is 6.08 Å². The highest BCUT2D eigenvalue weighted by Gasteiger charge is 1.98. The van der Waals surface area contributed by atoms with Gasteiger partial charge in [0.05, 0.1) is 6.61 Å². The summed E-state index contributed by atoms with van der Waals surface area (Å²) in [5.41, 5.74) is 0.897. The molecule has 0 aromatic heterocycles. The third-order valence-electron chi connectivity index (χ3n) is 2.48. The number of hydrogen-bond acceptors (Lipinski definition) is 3. The Hall–Kier alpha value is -2.30. The number of ether oxygens (including phenoxy) is 1. The van der Waals surface area contributed by atoms with E-state index in [4.69, 9.17) is 9.84 Å². The smallest absolute Gasteiger partial charge is 0.303 e. The van der Waals surface area contributed by atoms with Gasteiger partial charge in [-0.2, -0.15) is 0 Å². The monoisotopic (exact) mass is 277 g/mol. The van der Waals surface area contributed by atoms with Crippen molar-refractivity contribution in [3.05, 3.63) is 35.9 Å². The molecule has 5 heteroatoms. The summed E-state index contributed by atoms with van der Waals surface area (Å²) in [5.74, 6) is -0.295. The molecule has 0 heterocycles. The third-order valence-corrected chi connectivity index (χ3v) is 2.48. The fourth-order valence-corrected chi connectivity index (χ4v) is 1.52. The van der Waals surface area contributed by atoms with E-state index in [1.807, 2.05) is 31.2 Å². The highest BCUT2D eigenvalue weighted by atomic mass is 16.5. The molecule has 0 aliphatic rings. The van der Waals surface area contributed by atoms with Crippen molar-refractivity contribution in [2.75, 3.05) is 13.2 Å². The van der Waals surface area contributed by atoms with Crippen molar-refractivity contribution < 1.29 is 19.4 Å². The second kappa shape index (κ2) is 8.74. The van der Waals surface area contributed by atoms with Crippen LogP contribution >= 0.6 is 0 Å². The minimum absolute atomic E-state index is 0.0584. The lowest BCUT2D eigenvalue weighted by atomic mass is 10.2. The zero-order valence-electron chi connectivity index (χ0n) is 11.5. The number of carbonyl (C=O) groups is 2. The molecule has 0 saturated carbocycles. The topological polar surface area (TPSA) is 75.6 Å². The predicted molar refractivity (Wildman–Crippen MR) is 76.5 cm³/mol. The van der Waals surface area contributed by atoms with Gasteiger partial charge in [0, 0.05) is 19.0 Å². The zero-order chi connectivity index (χ0) is 14.8. The maximum absolute atomic E-state index is 11.5. The van der Waals surface area contributed by atoms with E-state index in [1.165, 1.54) is 6.08 Å². The molecule has 0 fully saturated rings. The van der Waals surface area contributed by atoms with E-state index in [9.17, 15) is 9.59 Å². The first kappa shape index (κ1) is 15.8. The number of rotatable bonds is 8. The van der Waals surface area contributed by atoms with Gasteiger partial charge in [-0.05, 0) is 37.1 Å². The number of hydrogen-bond donors (Lipinski definition) is 2. The van der Waals surface area contributed by atoms with Gasteiger partial charge in [-0.15, -0.1) is 0 Å². The van der Waals surface area contributed by atoms with Gasteiger partial charge in [-0.25, -0.2) is 0 Å². The number of carboxylic acids is 1. The second-order valence-electron chi connectivity index (χ2n) is 4.12. The lowest BCUT2D eigenvalue weighted by molar-refractivity contribution is -0.137. The fourth-order valence-electron chi connectivity index (χ4n) is 1.52. The Bertz CT molecular complexity index is 465. The van der Waals surface area contributed by atoms with Gasteiger partial charge in [-0.1, -0.05) is 12.1 Å². The number of aliphatic carboxylic acids is 1. The Labute approximate surface area is 118 Å². The number of carboxylic acid groups (broad SMARTS) is 1. The van der Waals surface area contributed by atoms with Crippen LogP contribution in [-0.4, -0.2) is 30.1 Å².